The van der Waals surface area contributed by atoms with Gasteiger partial charge in [0.1, 0.15) is 4.08 Å². The van der Waals surface area contributed by atoms with Crippen molar-refractivity contribution in [2.24, 2.45) is 5.92 Å². The van der Waals surface area contributed by atoms with Crippen LogP contribution in [0.15, 0.2) is 0 Å². The molecule has 0 radical (unpaired) electrons. The van der Waals surface area contributed by atoms with Crippen molar-refractivity contribution in [3.63, 3.8) is 0 Å². The summed E-state index contributed by atoms with van der Waals surface area (Å²) in [6.07, 6.45) is 10.8. The zero-order valence-electron chi connectivity index (χ0n) is 11.0. The summed E-state index contributed by atoms with van der Waals surface area (Å²) >= 11 is 4.29. The molecule has 0 atom stereocenters. The van der Waals surface area contributed by atoms with Crippen LogP contribution >= 0.6 is 23.5 Å². The second-order valence-electron chi connectivity index (χ2n) is 5.10. The van der Waals surface area contributed by atoms with Gasteiger partial charge in [-0.2, -0.15) is 0 Å². The number of thioether (sulfide) groups is 2. The first kappa shape index (κ1) is 13.7. The van der Waals surface area contributed by atoms with Gasteiger partial charge < -0.3 is 0 Å². The summed E-state index contributed by atoms with van der Waals surface area (Å²) in [5, 5.41) is 0. The van der Waals surface area contributed by atoms with Gasteiger partial charge in [0.25, 0.3) is 0 Å². The minimum Gasteiger partial charge on any atom is -0.130 e. The van der Waals surface area contributed by atoms with Crippen molar-refractivity contribution in [1.29, 1.82) is 0 Å². The van der Waals surface area contributed by atoms with Crippen LogP contribution in [-0.2, 0) is 0 Å². The van der Waals surface area contributed by atoms with Gasteiger partial charge in [-0.15, -0.1) is 29.4 Å². The average molecular weight is 268 g/mol. The molecule has 1 saturated heterocycles. The normalized spacial score (nSPS) is 24.3. The molecule has 0 unspecified atom stereocenters. The van der Waals surface area contributed by atoms with E-state index in [4.69, 9.17) is 0 Å². The molecule has 0 aromatic heterocycles. The minimum absolute atomic E-state index is 0.286. The van der Waals surface area contributed by atoms with Gasteiger partial charge in [0.15, 0.2) is 0 Å². The van der Waals surface area contributed by atoms with Crippen LogP contribution in [0, 0.1) is 17.8 Å². The predicted octanol–water partition coefficient (Wildman–Crippen LogP) is 4.94. The third kappa shape index (κ3) is 3.61. The third-order valence-electron chi connectivity index (χ3n) is 3.78. The van der Waals surface area contributed by atoms with Gasteiger partial charge in [0.05, 0.1) is 0 Å². The summed E-state index contributed by atoms with van der Waals surface area (Å²) in [6, 6.07) is 0. The van der Waals surface area contributed by atoms with Crippen molar-refractivity contribution in [3.05, 3.63) is 0 Å². The Balaban J connectivity index is 1.99. The van der Waals surface area contributed by atoms with E-state index < -0.39 is 0 Å². The maximum Gasteiger partial charge on any atom is 0.125 e. The Morgan fingerprint density at radius 2 is 1.82 bits per heavy atom. The lowest BCUT2D eigenvalue weighted by atomic mass is 9.86. The van der Waals surface area contributed by atoms with Crippen molar-refractivity contribution < 1.29 is 0 Å². The molecule has 1 aliphatic heterocycles. The highest BCUT2D eigenvalue weighted by Gasteiger charge is 2.41. The van der Waals surface area contributed by atoms with E-state index >= 15 is 0 Å². The van der Waals surface area contributed by atoms with Crippen molar-refractivity contribution in [1.82, 2.24) is 0 Å². The highest BCUT2D eigenvalue weighted by atomic mass is 32.2. The SMILES string of the molecule is CCCCC#CC1(C2CCCCC2)SCCS1. The predicted molar refractivity (Wildman–Crippen MR) is 81.5 cm³/mol. The van der Waals surface area contributed by atoms with E-state index in [2.05, 4.69) is 42.3 Å². The molecule has 0 amide bonds. The summed E-state index contributed by atoms with van der Waals surface area (Å²) in [5.41, 5.74) is 0. The Bertz CT molecular complexity index is 275. The highest BCUT2D eigenvalue weighted by molar-refractivity contribution is 8.21. The van der Waals surface area contributed by atoms with Gasteiger partial charge in [-0.3, -0.25) is 0 Å². The highest BCUT2D eigenvalue weighted by Crippen LogP contribution is 2.52. The lowest BCUT2D eigenvalue weighted by Crippen LogP contribution is -2.29. The van der Waals surface area contributed by atoms with Crippen molar-refractivity contribution in [2.45, 2.75) is 62.4 Å². The molecule has 2 heteroatoms. The Morgan fingerprint density at radius 1 is 1.12 bits per heavy atom. The smallest absolute Gasteiger partial charge is 0.125 e. The molecule has 2 aliphatic rings. The first-order chi connectivity index (χ1) is 8.37. The van der Waals surface area contributed by atoms with Crippen LogP contribution in [0.25, 0.3) is 0 Å². The summed E-state index contributed by atoms with van der Waals surface area (Å²) in [7, 11) is 0. The molecule has 96 valence electrons. The van der Waals surface area contributed by atoms with Crippen molar-refractivity contribution >= 4 is 23.5 Å². The molecule has 0 N–H and O–H groups in total. The first-order valence-electron chi connectivity index (χ1n) is 7.15. The topological polar surface area (TPSA) is 0 Å². The monoisotopic (exact) mass is 268 g/mol. The van der Waals surface area contributed by atoms with Gasteiger partial charge in [0.2, 0.25) is 0 Å². The molecule has 17 heavy (non-hydrogen) atoms. The summed E-state index contributed by atoms with van der Waals surface area (Å²) in [6.45, 7) is 2.25. The molecule has 2 rings (SSSR count). The maximum atomic E-state index is 3.68. The van der Waals surface area contributed by atoms with Crippen molar-refractivity contribution in [2.75, 3.05) is 11.5 Å². The van der Waals surface area contributed by atoms with Gasteiger partial charge >= 0.3 is 0 Å². The lowest BCUT2D eigenvalue weighted by Gasteiger charge is -2.34. The number of hydrogen-bond donors (Lipinski definition) is 0. The second-order valence-corrected chi connectivity index (χ2v) is 8.04. The minimum atomic E-state index is 0.286. The van der Waals surface area contributed by atoms with Crippen molar-refractivity contribution in [3.8, 4) is 11.8 Å². The second kappa shape index (κ2) is 7.00. The van der Waals surface area contributed by atoms with E-state index in [0.29, 0.717) is 0 Å². The third-order valence-corrected chi connectivity index (χ3v) is 7.29. The molecule has 0 aromatic rings. The van der Waals surface area contributed by atoms with Crippen LogP contribution in [0.5, 0.6) is 0 Å². The van der Waals surface area contributed by atoms with Crippen LogP contribution in [0.3, 0.4) is 0 Å². The van der Waals surface area contributed by atoms with E-state index in [9.17, 15) is 0 Å². The van der Waals surface area contributed by atoms with E-state index in [0.717, 1.165) is 12.3 Å². The summed E-state index contributed by atoms with van der Waals surface area (Å²) in [5.74, 6) is 10.6. The Hall–Kier alpha value is 0.260. The van der Waals surface area contributed by atoms with Gasteiger partial charge in [-0.1, -0.05) is 38.5 Å². The fourth-order valence-corrected chi connectivity index (χ4v) is 6.11. The van der Waals surface area contributed by atoms with Crippen LogP contribution in [0.2, 0.25) is 0 Å². The number of unbranched alkanes of at least 4 members (excludes halogenated alkanes) is 2. The van der Waals surface area contributed by atoms with E-state index in [1.54, 1.807) is 0 Å². The summed E-state index contributed by atoms with van der Waals surface area (Å²) < 4.78 is 0.286. The average Bonchev–Trinajstić information content (AvgIpc) is 2.86. The van der Waals surface area contributed by atoms with Crippen LogP contribution in [-0.4, -0.2) is 15.6 Å². The quantitative estimate of drug-likeness (QED) is 0.525. The molecule has 0 aromatic carbocycles. The first-order valence-corrected chi connectivity index (χ1v) is 9.12. The summed E-state index contributed by atoms with van der Waals surface area (Å²) in [4.78, 5) is 0. The van der Waals surface area contributed by atoms with E-state index in [1.807, 2.05) is 0 Å². The Labute approximate surface area is 115 Å². The zero-order chi connectivity index (χ0) is 12.0. The molecule has 2 fully saturated rings. The largest absolute Gasteiger partial charge is 0.130 e. The van der Waals surface area contributed by atoms with Gasteiger partial charge in [0, 0.05) is 17.9 Å². The lowest BCUT2D eigenvalue weighted by molar-refractivity contribution is 0.360. The Morgan fingerprint density at radius 3 is 2.47 bits per heavy atom. The fourth-order valence-electron chi connectivity index (χ4n) is 2.77. The van der Waals surface area contributed by atoms with Crippen LogP contribution in [0.1, 0.15) is 58.3 Å². The zero-order valence-corrected chi connectivity index (χ0v) is 12.6. The molecule has 0 spiro atoms. The molecule has 0 bridgehead atoms. The molecule has 0 nitrogen and oxygen atoms in total. The fraction of sp³-hybridized carbons (Fsp3) is 0.867. The van der Waals surface area contributed by atoms with Gasteiger partial charge in [-0.25, -0.2) is 0 Å². The van der Waals surface area contributed by atoms with E-state index in [1.165, 1.54) is 56.5 Å². The number of hydrogen-bond acceptors (Lipinski definition) is 2. The van der Waals surface area contributed by atoms with Crippen LogP contribution < -0.4 is 0 Å². The van der Waals surface area contributed by atoms with E-state index in [-0.39, 0.29) is 4.08 Å². The van der Waals surface area contributed by atoms with Crippen LogP contribution in [0.4, 0.5) is 0 Å². The molecule has 1 saturated carbocycles. The van der Waals surface area contributed by atoms with Gasteiger partial charge in [-0.05, 0) is 25.2 Å². The maximum absolute atomic E-state index is 3.68. The number of rotatable bonds is 3. The molecular formula is C15H24S2. The molecule has 1 aliphatic carbocycles. The molecular weight excluding hydrogens is 244 g/mol. The Kier molecular flexibility index (Phi) is 5.63. The standard InChI is InChI=1S/C15H24S2/c1-2-3-4-8-11-15(16-12-13-17-15)14-9-6-5-7-10-14/h14H,2-7,9-10,12-13H2,1H3. The molecule has 1 heterocycles.